The number of ether oxygens (including phenoxy) is 1. The number of carbonyl (C=O) groups excluding carboxylic acids is 1. The summed E-state index contributed by atoms with van der Waals surface area (Å²) in [6.45, 7) is 1.42. The molecule has 1 aromatic carbocycles. The third-order valence-electron chi connectivity index (χ3n) is 4.50. The molecule has 0 N–H and O–H groups in total. The molecule has 0 unspecified atom stereocenters. The van der Waals surface area contributed by atoms with Crippen LogP contribution >= 0.6 is 10.7 Å². The van der Waals surface area contributed by atoms with Crippen molar-refractivity contribution in [3.05, 3.63) is 35.9 Å². The Morgan fingerprint density at radius 1 is 1.26 bits per heavy atom. The first-order valence-corrected chi connectivity index (χ1v) is 9.89. The van der Waals surface area contributed by atoms with Crippen LogP contribution in [0.5, 0.6) is 0 Å². The van der Waals surface area contributed by atoms with E-state index in [2.05, 4.69) is 0 Å². The van der Waals surface area contributed by atoms with Crippen LogP contribution in [0.4, 0.5) is 4.79 Å². The minimum Gasteiger partial charge on any atom is -0.445 e. The second kappa shape index (κ2) is 6.67. The van der Waals surface area contributed by atoms with Crippen LogP contribution in [-0.2, 0) is 20.6 Å². The van der Waals surface area contributed by atoms with Crippen molar-refractivity contribution in [2.24, 2.45) is 5.92 Å². The maximum absolute atomic E-state index is 12.4. The largest absolute Gasteiger partial charge is 0.445 e. The van der Waals surface area contributed by atoms with Crippen molar-refractivity contribution in [1.82, 2.24) is 9.21 Å². The number of amides is 1. The average Bonchev–Trinajstić information content (AvgIpc) is 2.98. The molecule has 3 rings (SSSR count). The zero-order chi connectivity index (χ0) is 16.4. The van der Waals surface area contributed by atoms with Crippen molar-refractivity contribution in [3.8, 4) is 0 Å². The molecule has 0 radical (unpaired) electrons. The van der Waals surface area contributed by atoms with Gasteiger partial charge >= 0.3 is 6.09 Å². The van der Waals surface area contributed by atoms with E-state index in [1.807, 2.05) is 30.3 Å². The molecule has 0 aromatic heterocycles. The molecule has 0 bridgehead atoms. The Labute approximate surface area is 140 Å². The Hall–Kier alpha value is -1.31. The van der Waals surface area contributed by atoms with Crippen molar-refractivity contribution in [3.63, 3.8) is 0 Å². The van der Waals surface area contributed by atoms with Crippen LogP contribution in [0.25, 0.3) is 0 Å². The first-order valence-electron chi connectivity index (χ1n) is 7.62. The van der Waals surface area contributed by atoms with Gasteiger partial charge in [0, 0.05) is 30.3 Å². The lowest BCUT2D eigenvalue weighted by Gasteiger charge is -2.36. The maximum Gasteiger partial charge on any atom is 0.410 e. The van der Waals surface area contributed by atoms with Gasteiger partial charge < -0.3 is 9.64 Å². The van der Waals surface area contributed by atoms with E-state index >= 15 is 0 Å². The minimum atomic E-state index is -3.74. The van der Waals surface area contributed by atoms with Crippen LogP contribution in [0.2, 0.25) is 0 Å². The summed E-state index contributed by atoms with van der Waals surface area (Å²) in [5, 5.41) is 0. The van der Waals surface area contributed by atoms with Crippen molar-refractivity contribution >= 4 is 26.0 Å². The Kier molecular flexibility index (Phi) is 4.79. The van der Waals surface area contributed by atoms with E-state index in [4.69, 9.17) is 15.4 Å². The predicted octanol–water partition coefficient (Wildman–Crippen LogP) is 2.20. The number of likely N-dealkylation sites (tertiary alicyclic amines) is 1. The number of carbonyl (C=O) groups is 1. The van der Waals surface area contributed by atoms with Gasteiger partial charge in [0.15, 0.2) is 0 Å². The quantitative estimate of drug-likeness (QED) is 0.777. The van der Waals surface area contributed by atoms with E-state index in [0.717, 1.165) is 18.4 Å². The summed E-state index contributed by atoms with van der Waals surface area (Å²) in [5.74, 6) is 0.126. The molecule has 2 aliphatic heterocycles. The fraction of sp³-hybridized carbons (Fsp3) is 0.533. The fourth-order valence-electron chi connectivity index (χ4n) is 3.35. The summed E-state index contributed by atoms with van der Waals surface area (Å²) in [6, 6.07) is 9.31. The Bertz CT molecular complexity index is 667. The summed E-state index contributed by atoms with van der Waals surface area (Å²) in [7, 11) is 1.70. The molecule has 126 valence electrons. The maximum atomic E-state index is 12.4. The van der Waals surface area contributed by atoms with Crippen LogP contribution in [0.15, 0.2) is 30.3 Å². The number of halogens is 1. The van der Waals surface area contributed by atoms with Crippen molar-refractivity contribution in [1.29, 1.82) is 0 Å². The fourth-order valence-corrected chi connectivity index (χ4v) is 4.39. The lowest BCUT2D eigenvalue weighted by Crippen LogP contribution is -2.48. The summed E-state index contributed by atoms with van der Waals surface area (Å²) in [4.78, 5) is 14.0. The van der Waals surface area contributed by atoms with Gasteiger partial charge in [-0.25, -0.2) is 4.79 Å². The van der Waals surface area contributed by atoms with Crippen LogP contribution in [-0.4, -0.2) is 49.4 Å². The molecule has 2 atom stereocenters. The highest BCUT2D eigenvalue weighted by Gasteiger charge is 2.44. The van der Waals surface area contributed by atoms with Gasteiger partial charge in [-0.1, -0.05) is 30.3 Å². The lowest BCUT2D eigenvalue weighted by atomic mass is 9.92. The number of rotatable bonds is 3. The minimum absolute atomic E-state index is 0.126. The van der Waals surface area contributed by atoms with Crippen molar-refractivity contribution in [2.75, 3.05) is 19.6 Å². The molecule has 2 heterocycles. The van der Waals surface area contributed by atoms with Gasteiger partial charge in [-0.3, -0.25) is 0 Å². The highest BCUT2D eigenvalue weighted by Crippen LogP contribution is 2.33. The summed E-state index contributed by atoms with van der Waals surface area (Å²) < 4.78 is 29.7. The molecule has 0 aliphatic carbocycles. The van der Waals surface area contributed by atoms with Gasteiger partial charge in [-0.15, -0.1) is 0 Å². The van der Waals surface area contributed by atoms with Crippen LogP contribution < -0.4 is 0 Å². The van der Waals surface area contributed by atoms with E-state index in [-0.39, 0.29) is 25.1 Å². The Balaban J connectivity index is 1.64. The third-order valence-corrected chi connectivity index (χ3v) is 6.00. The van der Waals surface area contributed by atoms with E-state index in [0.29, 0.717) is 13.1 Å². The number of hydrogen-bond donors (Lipinski definition) is 0. The third kappa shape index (κ3) is 3.79. The first kappa shape index (κ1) is 16.5. The van der Waals surface area contributed by atoms with Crippen LogP contribution in [0, 0.1) is 5.92 Å². The highest BCUT2D eigenvalue weighted by atomic mass is 35.7. The number of piperidine rings is 1. The normalized spacial score (nSPS) is 25.2. The van der Waals surface area contributed by atoms with Crippen molar-refractivity contribution < 1.29 is 17.9 Å². The topological polar surface area (TPSA) is 66.9 Å². The zero-order valence-corrected chi connectivity index (χ0v) is 14.2. The SMILES string of the molecule is O=C(OCc1ccccc1)N1CCC[C@H]2CN(S(=O)(=O)Cl)C[C@H]21. The molecule has 2 saturated heterocycles. The summed E-state index contributed by atoms with van der Waals surface area (Å²) in [5.41, 5.74) is 0.922. The second-order valence-corrected chi connectivity index (χ2v) is 8.47. The Morgan fingerprint density at radius 2 is 2.00 bits per heavy atom. The Morgan fingerprint density at radius 3 is 2.70 bits per heavy atom. The second-order valence-electron chi connectivity index (χ2n) is 5.96. The van der Waals surface area contributed by atoms with Gasteiger partial charge in [-0.2, -0.15) is 12.7 Å². The molecule has 8 heteroatoms. The summed E-state index contributed by atoms with van der Waals surface area (Å²) in [6.07, 6.45) is 1.35. The average molecular weight is 359 g/mol. The molecule has 0 spiro atoms. The molecule has 1 amide bonds. The molecule has 23 heavy (non-hydrogen) atoms. The van der Waals surface area contributed by atoms with Gasteiger partial charge in [0.05, 0.1) is 6.04 Å². The van der Waals surface area contributed by atoms with Crippen LogP contribution in [0.3, 0.4) is 0 Å². The summed E-state index contributed by atoms with van der Waals surface area (Å²) >= 11 is 0. The molecule has 6 nitrogen and oxygen atoms in total. The molecular weight excluding hydrogens is 340 g/mol. The van der Waals surface area contributed by atoms with Gasteiger partial charge in [0.2, 0.25) is 0 Å². The standard InChI is InChI=1S/C15H19ClN2O4S/c16-23(20,21)17-9-13-7-4-8-18(14(13)10-17)15(19)22-11-12-5-2-1-3-6-12/h1-3,5-6,13-14H,4,7-11H2/t13-,14+/m0/s1. The van der Waals surface area contributed by atoms with Gasteiger partial charge in [0.25, 0.3) is 9.24 Å². The predicted molar refractivity (Wildman–Crippen MR) is 86.2 cm³/mol. The monoisotopic (exact) mass is 358 g/mol. The van der Waals surface area contributed by atoms with Crippen LogP contribution in [0.1, 0.15) is 18.4 Å². The van der Waals surface area contributed by atoms with E-state index in [9.17, 15) is 13.2 Å². The molecule has 0 saturated carbocycles. The number of nitrogens with zero attached hydrogens (tertiary/aromatic N) is 2. The van der Waals surface area contributed by atoms with Crippen molar-refractivity contribution in [2.45, 2.75) is 25.5 Å². The molecule has 2 aliphatic rings. The van der Waals surface area contributed by atoms with E-state index < -0.39 is 15.3 Å². The first-order chi connectivity index (χ1) is 10.9. The van der Waals surface area contributed by atoms with E-state index in [1.54, 1.807) is 4.90 Å². The van der Waals surface area contributed by atoms with Gasteiger partial charge in [0.1, 0.15) is 6.61 Å². The number of hydrogen-bond acceptors (Lipinski definition) is 4. The number of fused-ring (bicyclic) bond motifs is 1. The smallest absolute Gasteiger partial charge is 0.410 e. The van der Waals surface area contributed by atoms with E-state index in [1.165, 1.54) is 4.31 Å². The highest BCUT2D eigenvalue weighted by molar-refractivity contribution is 8.11. The van der Waals surface area contributed by atoms with Gasteiger partial charge in [-0.05, 0) is 24.3 Å². The lowest BCUT2D eigenvalue weighted by molar-refractivity contribution is 0.0611. The molecule has 1 aromatic rings. The molecule has 2 fully saturated rings. The zero-order valence-electron chi connectivity index (χ0n) is 12.6. The molecular formula is C15H19ClN2O4S. The number of benzene rings is 1.